The molecule has 21 heavy (non-hydrogen) atoms. The number of nitrogens with two attached hydrogens (primary N) is 1. The van der Waals surface area contributed by atoms with Crippen LogP contribution < -0.4 is 10.5 Å². The highest BCUT2D eigenvalue weighted by molar-refractivity contribution is 5.91. The molecule has 6 nitrogen and oxygen atoms in total. The average Bonchev–Trinajstić information content (AvgIpc) is 2.50. The summed E-state index contributed by atoms with van der Waals surface area (Å²) in [6.07, 6.45) is 1.50. The van der Waals surface area contributed by atoms with E-state index in [9.17, 15) is 4.79 Å². The first-order valence-corrected chi connectivity index (χ1v) is 6.25. The van der Waals surface area contributed by atoms with E-state index in [1.54, 1.807) is 31.2 Å². The highest BCUT2D eigenvalue weighted by Gasteiger charge is 2.16. The summed E-state index contributed by atoms with van der Waals surface area (Å²) in [4.78, 5) is 15.8. The SMILES string of the molecule is CCOC(=O)c1cccnc1Oc1ccc(C#N)cc1N. The Hall–Kier alpha value is -3.07. The number of ether oxygens (including phenoxy) is 2. The zero-order valence-corrected chi connectivity index (χ0v) is 11.4. The Labute approximate surface area is 121 Å². The van der Waals surface area contributed by atoms with Crippen LogP contribution >= 0.6 is 0 Å². The third-order valence-corrected chi connectivity index (χ3v) is 2.61. The molecule has 0 amide bonds. The molecule has 0 aliphatic carbocycles. The fourth-order valence-electron chi connectivity index (χ4n) is 1.65. The molecule has 1 aromatic carbocycles. The fourth-order valence-corrected chi connectivity index (χ4v) is 1.65. The molecule has 1 aromatic heterocycles. The van der Waals surface area contributed by atoms with E-state index in [1.807, 2.05) is 6.07 Å². The second-order valence-corrected chi connectivity index (χ2v) is 4.04. The maximum absolute atomic E-state index is 11.8. The lowest BCUT2D eigenvalue weighted by molar-refractivity contribution is 0.0522. The molecule has 0 bridgehead atoms. The van der Waals surface area contributed by atoms with Crippen molar-refractivity contribution in [2.75, 3.05) is 12.3 Å². The number of hydrogen-bond donors (Lipinski definition) is 1. The largest absolute Gasteiger partial charge is 0.462 e. The number of esters is 1. The molecule has 0 aliphatic heterocycles. The summed E-state index contributed by atoms with van der Waals surface area (Å²) in [6.45, 7) is 1.97. The van der Waals surface area contributed by atoms with Gasteiger partial charge in [-0.2, -0.15) is 5.26 Å². The molecule has 0 atom stereocenters. The van der Waals surface area contributed by atoms with Gasteiger partial charge in [0.2, 0.25) is 5.88 Å². The normalized spacial score (nSPS) is 9.71. The molecule has 2 aromatic rings. The second kappa shape index (κ2) is 6.39. The zero-order chi connectivity index (χ0) is 15.2. The van der Waals surface area contributed by atoms with Crippen LogP contribution in [0.1, 0.15) is 22.8 Å². The Balaban J connectivity index is 2.32. The minimum atomic E-state index is -0.521. The van der Waals surface area contributed by atoms with Crippen LogP contribution in [0.5, 0.6) is 11.6 Å². The van der Waals surface area contributed by atoms with Crippen LogP contribution in [0.25, 0.3) is 0 Å². The minimum Gasteiger partial charge on any atom is -0.462 e. The number of rotatable bonds is 4. The Morgan fingerprint density at radius 3 is 2.90 bits per heavy atom. The van der Waals surface area contributed by atoms with Gasteiger partial charge in [-0.3, -0.25) is 0 Å². The van der Waals surface area contributed by atoms with E-state index in [-0.39, 0.29) is 23.7 Å². The van der Waals surface area contributed by atoms with Gasteiger partial charge >= 0.3 is 5.97 Å². The van der Waals surface area contributed by atoms with E-state index in [2.05, 4.69) is 4.98 Å². The number of nitriles is 1. The number of pyridine rings is 1. The third kappa shape index (κ3) is 3.28. The predicted octanol–water partition coefficient (Wildman–Crippen LogP) is 2.50. The Morgan fingerprint density at radius 1 is 1.43 bits per heavy atom. The van der Waals surface area contributed by atoms with E-state index in [4.69, 9.17) is 20.5 Å². The quantitative estimate of drug-likeness (QED) is 0.683. The van der Waals surface area contributed by atoms with Crippen molar-refractivity contribution in [1.82, 2.24) is 4.98 Å². The topological polar surface area (TPSA) is 98.2 Å². The molecule has 2 rings (SSSR count). The lowest BCUT2D eigenvalue weighted by Crippen LogP contribution is -2.07. The molecule has 0 aliphatic rings. The first-order valence-electron chi connectivity index (χ1n) is 6.25. The lowest BCUT2D eigenvalue weighted by atomic mass is 10.2. The van der Waals surface area contributed by atoms with Crippen LogP contribution in [-0.4, -0.2) is 17.6 Å². The zero-order valence-electron chi connectivity index (χ0n) is 11.4. The van der Waals surface area contributed by atoms with Crippen molar-refractivity contribution in [1.29, 1.82) is 5.26 Å². The van der Waals surface area contributed by atoms with Crippen LogP contribution in [0.2, 0.25) is 0 Å². The number of nitrogen functional groups attached to an aromatic ring is 1. The van der Waals surface area contributed by atoms with Crippen LogP contribution in [-0.2, 0) is 4.74 Å². The monoisotopic (exact) mass is 283 g/mol. The third-order valence-electron chi connectivity index (χ3n) is 2.61. The number of carbonyl (C=O) groups is 1. The van der Waals surface area contributed by atoms with Gasteiger partial charge in [0.1, 0.15) is 5.56 Å². The first kappa shape index (κ1) is 14.3. The van der Waals surface area contributed by atoms with E-state index < -0.39 is 5.97 Å². The number of benzene rings is 1. The molecule has 0 fully saturated rings. The Bertz CT molecular complexity index is 708. The van der Waals surface area contributed by atoms with Gasteiger partial charge in [-0.1, -0.05) is 0 Å². The van der Waals surface area contributed by atoms with Gasteiger partial charge in [-0.05, 0) is 37.3 Å². The molecule has 6 heteroatoms. The summed E-state index contributed by atoms with van der Waals surface area (Å²) in [5.74, 6) is -0.0987. The standard InChI is InChI=1S/C15H13N3O3/c1-2-20-15(19)11-4-3-7-18-14(11)21-13-6-5-10(9-16)8-12(13)17/h3-8H,2,17H2,1H3. The van der Waals surface area contributed by atoms with Crippen molar-refractivity contribution < 1.29 is 14.3 Å². The summed E-state index contributed by atoms with van der Waals surface area (Å²) < 4.78 is 10.5. The number of nitrogens with zero attached hydrogens (tertiary/aromatic N) is 2. The van der Waals surface area contributed by atoms with E-state index in [1.165, 1.54) is 12.3 Å². The summed E-state index contributed by atoms with van der Waals surface area (Å²) in [7, 11) is 0. The number of anilines is 1. The van der Waals surface area contributed by atoms with Crippen molar-refractivity contribution in [2.45, 2.75) is 6.92 Å². The fraction of sp³-hybridized carbons (Fsp3) is 0.133. The van der Waals surface area contributed by atoms with Gasteiger partial charge in [0.15, 0.2) is 5.75 Å². The van der Waals surface area contributed by atoms with E-state index in [0.717, 1.165) is 0 Å². The number of carbonyl (C=O) groups excluding carboxylic acids is 1. The molecule has 0 saturated heterocycles. The highest BCUT2D eigenvalue weighted by atomic mass is 16.5. The molecule has 106 valence electrons. The maximum Gasteiger partial charge on any atom is 0.343 e. The molecule has 1 heterocycles. The number of hydrogen-bond acceptors (Lipinski definition) is 6. The summed E-state index contributed by atoms with van der Waals surface area (Å²) in [6, 6.07) is 9.76. The van der Waals surface area contributed by atoms with Crippen molar-refractivity contribution in [3.63, 3.8) is 0 Å². The molecule has 2 N–H and O–H groups in total. The summed E-state index contributed by atoms with van der Waals surface area (Å²) in [5.41, 5.74) is 6.73. The van der Waals surface area contributed by atoms with Gasteiger partial charge in [-0.25, -0.2) is 9.78 Å². The van der Waals surface area contributed by atoms with E-state index >= 15 is 0 Å². The van der Waals surface area contributed by atoms with Crippen LogP contribution in [0, 0.1) is 11.3 Å². The predicted molar refractivity (Wildman–Crippen MR) is 75.8 cm³/mol. The smallest absolute Gasteiger partial charge is 0.343 e. The molecule has 0 spiro atoms. The van der Waals surface area contributed by atoms with Gasteiger partial charge < -0.3 is 15.2 Å². The maximum atomic E-state index is 11.8. The van der Waals surface area contributed by atoms with Gasteiger partial charge in [0.05, 0.1) is 23.9 Å². The summed E-state index contributed by atoms with van der Waals surface area (Å²) >= 11 is 0. The Kier molecular flexibility index (Phi) is 4.36. The lowest BCUT2D eigenvalue weighted by Gasteiger charge is -2.10. The van der Waals surface area contributed by atoms with Crippen molar-refractivity contribution in [2.24, 2.45) is 0 Å². The van der Waals surface area contributed by atoms with Crippen molar-refractivity contribution >= 4 is 11.7 Å². The van der Waals surface area contributed by atoms with Crippen LogP contribution in [0.15, 0.2) is 36.5 Å². The summed E-state index contributed by atoms with van der Waals surface area (Å²) in [5, 5.41) is 8.80. The Morgan fingerprint density at radius 2 is 2.24 bits per heavy atom. The van der Waals surface area contributed by atoms with Crippen molar-refractivity contribution in [3.8, 4) is 17.7 Å². The van der Waals surface area contributed by atoms with Crippen LogP contribution in [0.4, 0.5) is 5.69 Å². The highest BCUT2D eigenvalue weighted by Crippen LogP contribution is 2.29. The molecule has 0 radical (unpaired) electrons. The molecular formula is C15H13N3O3. The van der Waals surface area contributed by atoms with Crippen LogP contribution in [0.3, 0.4) is 0 Å². The van der Waals surface area contributed by atoms with Gasteiger partial charge in [0, 0.05) is 6.20 Å². The second-order valence-electron chi connectivity index (χ2n) is 4.04. The first-order chi connectivity index (χ1) is 10.2. The van der Waals surface area contributed by atoms with Crippen molar-refractivity contribution in [3.05, 3.63) is 47.7 Å². The molecular weight excluding hydrogens is 270 g/mol. The minimum absolute atomic E-state index is 0.104. The molecule has 0 unspecified atom stereocenters. The van der Waals surface area contributed by atoms with Gasteiger partial charge in [0.25, 0.3) is 0 Å². The molecule has 0 saturated carbocycles. The average molecular weight is 283 g/mol. The number of aromatic nitrogens is 1. The van der Waals surface area contributed by atoms with E-state index in [0.29, 0.717) is 11.3 Å². The van der Waals surface area contributed by atoms with Gasteiger partial charge in [-0.15, -0.1) is 0 Å².